The smallest absolute Gasteiger partial charge is 0.163 e. The van der Waals surface area contributed by atoms with Gasteiger partial charge in [-0.15, -0.1) is 0 Å². The van der Waals surface area contributed by atoms with Crippen molar-refractivity contribution in [1.29, 1.82) is 5.26 Å². The van der Waals surface area contributed by atoms with Gasteiger partial charge in [-0.1, -0.05) is 24.3 Å². The summed E-state index contributed by atoms with van der Waals surface area (Å²) in [4.78, 5) is 9.59. The fourth-order valence-electron chi connectivity index (χ4n) is 3.26. The summed E-state index contributed by atoms with van der Waals surface area (Å²) in [6.07, 6.45) is 3.53. The Morgan fingerprint density at radius 3 is 2.81 bits per heavy atom. The molecule has 1 N–H and O–H groups in total. The van der Waals surface area contributed by atoms with Gasteiger partial charge in [0.05, 0.1) is 40.6 Å². The lowest BCUT2D eigenvalue weighted by molar-refractivity contribution is 0.786. The van der Waals surface area contributed by atoms with Crippen LogP contribution in [0.1, 0.15) is 5.56 Å². The Labute approximate surface area is 153 Å². The number of hydrogen-bond donors (Lipinski definition) is 1. The summed E-state index contributed by atoms with van der Waals surface area (Å²) in [5.74, 6) is 0.593. The molecule has 0 spiro atoms. The van der Waals surface area contributed by atoms with E-state index >= 15 is 0 Å². The molecule has 0 aliphatic heterocycles. The predicted molar refractivity (Wildman–Crippen MR) is 102 cm³/mol. The minimum atomic E-state index is 0.585. The van der Waals surface area contributed by atoms with Crippen LogP contribution in [0.25, 0.3) is 44.6 Å². The van der Waals surface area contributed by atoms with Gasteiger partial charge in [0.25, 0.3) is 0 Å². The topological polar surface area (TPSA) is 96.1 Å². The molecule has 0 unspecified atom stereocenters. The first-order valence-electron chi connectivity index (χ1n) is 8.37. The normalized spacial score (nSPS) is 11.1. The standard InChI is InChI=1S/C20H13N7/c1-27-20-16(11-23-27)18(13-5-2-4-12(8-13)9-21)24-19(25-20)14-6-3-7-17-15(14)10-22-26-17/h2-8,10-11H,1H3,(H,22,26). The number of rotatable bonds is 2. The molecule has 0 saturated carbocycles. The van der Waals surface area contributed by atoms with Gasteiger partial charge in [0, 0.05) is 23.6 Å². The van der Waals surface area contributed by atoms with Gasteiger partial charge in [0.1, 0.15) is 0 Å². The molecule has 5 aromatic rings. The Morgan fingerprint density at radius 1 is 1.04 bits per heavy atom. The van der Waals surface area contributed by atoms with E-state index in [-0.39, 0.29) is 0 Å². The van der Waals surface area contributed by atoms with E-state index in [4.69, 9.17) is 9.97 Å². The molecule has 3 heterocycles. The zero-order valence-electron chi connectivity index (χ0n) is 14.4. The fourth-order valence-corrected chi connectivity index (χ4v) is 3.26. The molecule has 7 nitrogen and oxygen atoms in total. The molecular formula is C20H13N7. The van der Waals surface area contributed by atoms with E-state index < -0.39 is 0 Å². The van der Waals surface area contributed by atoms with Crippen LogP contribution in [0.2, 0.25) is 0 Å². The molecule has 27 heavy (non-hydrogen) atoms. The third kappa shape index (κ3) is 2.35. The molecule has 0 bridgehead atoms. The molecule has 3 aromatic heterocycles. The number of benzene rings is 2. The number of nitrogens with zero attached hydrogens (tertiary/aromatic N) is 6. The molecule has 0 radical (unpaired) electrons. The van der Waals surface area contributed by atoms with Crippen LogP contribution >= 0.6 is 0 Å². The van der Waals surface area contributed by atoms with E-state index in [2.05, 4.69) is 21.4 Å². The van der Waals surface area contributed by atoms with Crippen molar-refractivity contribution in [2.75, 3.05) is 0 Å². The SMILES string of the molecule is Cn1ncc2c(-c3cccc(C#N)c3)nc(-c3cccc4[nH]ncc34)nc21. The molecule has 5 rings (SSSR count). The molecule has 0 atom stereocenters. The zero-order valence-corrected chi connectivity index (χ0v) is 14.4. The average molecular weight is 351 g/mol. The summed E-state index contributed by atoms with van der Waals surface area (Å²) in [6, 6.07) is 15.5. The van der Waals surface area contributed by atoms with Gasteiger partial charge in [-0.05, 0) is 18.2 Å². The fraction of sp³-hybridized carbons (Fsp3) is 0.0500. The van der Waals surface area contributed by atoms with Crippen molar-refractivity contribution in [3.63, 3.8) is 0 Å². The second kappa shape index (κ2) is 5.75. The summed E-state index contributed by atoms with van der Waals surface area (Å²) in [5.41, 5.74) is 4.74. The Balaban J connectivity index is 1.84. The number of nitriles is 1. The molecule has 0 saturated heterocycles. The Hall–Kier alpha value is -4.05. The second-order valence-electron chi connectivity index (χ2n) is 6.23. The summed E-state index contributed by atoms with van der Waals surface area (Å²) in [7, 11) is 1.85. The number of nitrogens with one attached hydrogen (secondary N) is 1. The Kier molecular flexibility index (Phi) is 3.24. The van der Waals surface area contributed by atoms with Crippen LogP contribution in [-0.4, -0.2) is 29.9 Å². The maximum absolute atomic E-state index is 9.24. The number of fused-ring (bicyclic) bond motifs is 2. The van der Waals surface area contributed by atoms with Crippen LogP contribution in [0.4, 0.5) is 0 Å². The number of aromatic amines is 1. The van der Waals surface area contributed by atoms with Gasteiger partial charge in [-0.3, -0.25) is 9.78 Å². The van der Waals surface area contributed by atoms with Crippen LogP contribution in [0.15, 0.2) is 54.9 Å². The lowest BCUT2D eigenvalue weighted by Gasteiger charge is -2.08. The number of aryl methyl sites for hydroxylation is 1. The maximum Gasteiger partial charge on any atom is 0.163 e. The summed E-state index contributed by atoms with van der Waals surface area (Å²) in [6.45, 7) is 0. The van der Waals surface area contributed by atoms with Crippen molar-refractivity contribution < 1.29 is 0 Å². The van der Waals surface area contributed by atoms with E-state index in [0.29, 0.717) is 11.4 Å². The van der Waals surface area contributed by atoms with E-state index in [9.17, 15) is 5.26 Å². The first-order chi connectivity index (χ1) is 13.2. The first kappa shape index (κ1) is 15.2. The van der Waals surface area contributed by atoms with Gasteiger partial charge >= 0.3 is 0 Å². The summed E-state index contributed by atoms with van der Waals surface area (Å²) < 4.78 is 1.73. The van der Waals surface area contributed by atoms with Gasteiger partial charge in [0.15, 0.2) is 11.5 Å². The van der Waals surface area contributed by atoms with Crippen LogP contribution < -0.4 is 0 Å². The lowest BCUT2D eigenvalue weighted by atomic mass is 10.1. The minimum Gasteiger partial charge on any atom is -0.278 e. The maximum atomic E-state index is 9.24. The molecule has 0 fully saturated rings. The van der Waals surface area contributed by atoms with Crippen molar-refractivity contribution >= 4 is 21.9 Å². The molecule has 0 amide bonds. The molecule has 0 aliphatic rings. The van der Waals surface area contributed by atoms with Crippen LogP contribution in [0, 0.1) is 11.3 Å². The van der Waals surface area contributed by atoms with Gasteiger partial charge < -0.3 is 0 Å². The van der Waals surface area contributed by atoms with Crippen molar-refractivity contribution in [1.82, 2.24) is 29.9 Å². The molecule has 128 valence electrons. The molecular weight excluding hydrogens is 338 g/mol. The van der Waals surface area contributed by atoms with Crippen molar-refractivity contribution in [3.05, 3.63) is 60.4 Å². The van der Waals surface area contributed by atoms with Gasteiger partial charge in [-0.25, -0.2) is 9.97 Å². The second-order valence-corrected chi connectivity index (χ2v) is 6.23. The monoisotopic (exact) mass is 351 g/mol. The minimum absolute atomic E-state index is 0.585. The Morgan fingerprint density at radius 2 is 1.93 bits per heavy atom. The number of hydrogen-bond acceptors (Lipinski definition) is 5. The molecule has 7 heteroatoms. The molecule has 0 aliphatic carbocycles. The number of aromatic nitrogens is 6. The molecule has 2 aromatic carbocycles. The van der Waals surface area contributed by atoms with Crippen molar-refractivity contribution in [2.45, 2.75) is 0 Å². The lowest BCUT2D eigenvalue weighted by Crippen LogP contribution is -1.98. The predicted octanol–water partition coefficient (Wildman–Crippen LogP) is 3.45. The third-order valence-electron chi connectivity index (χ3n) is 4.58. The summed E-state index contributed by atoms with van der Waals surface area (Å²) >= 11 is 0. The highest BCUT2D eigenvalue weighted by Gasteiger charge is 2.16. The zero-order chi connectivity index (χ0) is 18.4. The number of H-pyrrole nitrogens is 1. The van der Waals surface area contributed by atoms with Crippen LogP contribution in [-0.2, 0) is 7.05 Å². The largest absolute Gasteiger partial charge is 0.278 e. The summed E-state index contributed by atoms with van der Waals surface area (Å²) in [5, 5.41) is 22.5. The van der Waals surface area contributed by atoms with E-state index in [1.54, 1.807) is 23.1 Å². The Bertz CT molecular complexity index is 1350. The van der Waals surface area contributed by atoms with Gasteiger partial charge in [0.2, 0.25) is 0 Å². The van der Waals surface area contributed by atoms with Crippen LogP contribution in [0.5, 0.6) is 0 Å². The highest BCUT2D eigenvalue weighted by Crippen LogP contribution is 2.31. The van der Waals surface area contributed by atoms with Gasteiger partial charge in [-0.2, -0.15) is 15.5 Å². The van der Waals surface area contributed by atoms with E-state index in [0.717, 1.165) is 38.8 Å². The third-order valence-corrected chi connectivity index (χ3v) is 4.58. The highest BCUT2D eigenvalue weighted by atomic mass is 15.3. The van der Waals surface area contributed by atoms with E-state index in [1.165, 1.54) is 0 Å². The van der Waals surface area contributed by atoms with Crippen molar-refractivity contribution in [3.8, 4) is 28.7 Å². The van der Waals surface area contributed by atoms with E-state index in [1.807, 2.05) is 43.4 Å². The average Bonchev–Trinajstić information content (AvgIpc) is 3.34. The van der Waals surface area contributed by atoms with Crippen LogP contribution in [0.3, 0.4) is 0 Å². The highest BCUT2D eigenvalue weighted by molar-refractivity contribution is 5.96. The van der Waals surface area contributed by atoms with Crippen molar-refractivity contribution in [2.24, 2.45) is 7.05 Å². The first-order valence-corrected chi connectivity index (χ1v) is 8.37. The quantitative estimate of drug-likeness (QED) is 0.525.